The smallest absolute Gasteiger partial charge is 0.250 e. The molecule has 1 amide bonds. The van der Waals surface area contributed by atoms with E-state index in [1.165, 1.54) is 36.2 Å². The molecular formula is C25H23BrN4O3S. The largest absolute Gasteiger partial charge is 0.503 e. The molecule has 1 heterocycles. The van der Waals surface area contributed by atoms with Crippen molar-refractivity contribution in [2.24, 2.45) is 5.10 Å². The average Bonchev–Trinajstić information content (AvgIpc) is 3.18. The van der Waals surface area contributed by atoms with Crippen molar-refractivity contribution in [3.8, 4) is 11.5 Å². The van der Waals surface area contributed by atoms with E-state index in [0.717, 1.165) is 16.2 Å². The molecule has 0 spiro atoms. The van der Waals surface area contributed by atoms with E-state index in [2.05, 4.69) is 62.2 Å². The summed E-state index contributed by atoms with van der Waals surface area (Å²) in [6.07, 6.45) is 1.49. The molecule has 0 saturated carbocycles. The molecule has 0 aliphatic heterocycles. The second kappa shape index (κ2) is 10.8. The van der Waals surface area contributed by atoms with Crippen molar-refractivity contribution in [1.82, 2.24) is 15.0 Å². The van der Waals surface area contributed by atoms with Gasteiger partial charge in [-0.1, -0.05) is 53.7 Å². The highest BCUT2D eigenvalue weighted by atomic mass is 79.9. The SMILES string of the molecule is COc1cc(/C=N/NC(=O)CSc2nc3ccccc3n2Cc2ccc(C)cc2)cc(Br)c1O. The Hall–Kier alpha value is -3.30. The van der Waals surface area contributed by atoms with Gasteiger partial charge in [0.1, 0.15) is 0 Å². The Balaban J connectivity index is 1.44. The van der Waals surface area contributed by atoms with Gasteiger partial charge in [0.25, 0.3) is 5.91 Å². The number of carbonyl (C=O) groups excluding carboxylic acids is 1. The minimum atomic E-state index is -0.250. The number of imidazole rings is 1. The van der Waals surface area contributed by atoms with E-state index in [4.69, 9.17) is 9.72 Å². The van der Waals surface area contributed by atoms with E-state index >= 15 is 0 Å². The molecule has 9 heteroatoms. The van der Waals surface area contributed by atoms with Gasteiger partial charge in [0.15, 0.2) is 16.7 Å². The molecule has 0 fully saturated rings. The number of methoxy groups -OCH3 is 1. The number of halogens is 1. The predicted octanol–water partition coefficient (Wildman–Crippen LogP) is 5.11. The fourth-order valence-electron chi connectivity index (χ4n) is 3.36. The van der Waals surface area contributed by atoms with Crippen LogP contribution < -0.4 is 10.2 Å². The molecule has 4 aromatic rings. The lowest BCUT2D eigenvalue weighted by Crippen LogP contribution is -2.20. The zero-order valence-corrected chi connectivity index (χ0v) is 21.1. The molecule has 0 unspecified atom stereocenters. The van der Waals surface area contributed by atoms with Crippen LogP contribution in [-0.2, 0) is 11.3 Å². The number of thioether (sulfide) groups is 1. The van der Waals surface area contributed by atoms with Gasteiger partial charge in [0.2, 0.25) is 0 Å². The number of aromatic nitrogens is 2. The van der Waals surface area contributed by atoms with Crippen molar-refractivity contribution in [3.05, 3.63) is 81.8 Å². The van der Waals surface area contributed by atoms with Crippen LogP contribution in [-0.4, -0.2) is 39.6 Å². The van der Waals surface area contributed by atoms with Crippen LogP contribution in [0.4, 0.5) is 0 Å². The maximum absolute atomic E-state index is 12.4. The van der Waals surface area contributed by atoms with Gasteiger partial charge in [-0.15, -0.1) is 0 Å². The molecule has 3 aromatic carbocycles. The van der Waals surface area contributed by atoms with E-state index in [1.807, 2.05) is 24.3 Å². The summed E-state index contributed by atoms with van der Waals surface area (Å²) in [7, 11) is 1.47. The number of fused-ring (bicyclic) bond motifs is 1. The van der Waals surface area contributed by atoms with Gasteiger partial charge in [-0.3, -0.25) is 4.79 Å². The summed E-state index contributed by atoms with van der Waals surface area (Å²) >= 11 is 4.63. The molecule has 0 aliphatic rings. The first-order chi connectivity index (χ1) is 16.4. The molecule has 0 saturated heterocycles. The third-order valence-electron chi connectivity index (χ3n) is 5.09. The number of para-hydroxylation sites is 2. The molecule has 0 aliphatic carbocycles. The van der Waals surface area contributed by atoms with Crippen LogP contribution in [0.1, 0.15) is 16.7 Å². The topological polar surface area (TPSA) is 88.7 Å². The third-order valence-corrected chi connectivity index (χ3v) is 6.67. The van der Waals surface area contributed by atoms with Gasteiger partial charge < -0.3 is 14.4 Å². The number of hydrogen-bond acceptors (Lipinski definition) is 6. The van der Waals surface area contributed by atoms with E-state index in [1.54, 1.807) is 12.1 Å². The summed E-state index contributed by atoms with van der Waals surface area (Å²) in [5.41, 5.74) is 7.49. The van der Waals surface area contributed by atoms with E-state index in [9.17, 15) is 9.90 Å². The highest BCUT2D eigenvalue weighted by Gasteiger charge is 2.13. The standard InChI is InChI=1S/C25H23BrN4O3S/c1-16-7-9-17(10-8-16)14-30-21-6-4-3-5-20(21)28-25(30)34-15-23(31)29-27-13-18-11-19(26)24(32)22(12-18)33-2/h3-13,32H,14-15H2,1-2H3,(H,29,31)/b27-13+. The van der Waals surface area contributed by atoms with Gasteiger partial charge in [0.05, 0.1) is 41.1 Å². The Bertz CT molecular complexity index is 1350. The molecule has 34 heavy (non-hydrogen) atoms. The number of hydrogen-bond donors (Lipinski definition) is 2. The summed E-state index contributed by atoms with van der Waals surface area (Å²) in [6, 6.07) is 19.7. The lowest BCUT2D eigenvalue weighted by Gasteiger charge is -2.09. The molecular weight excluding hydrogens is 516 g/mol. The summed E-state index contributed by atoms with van der Waals surface area (Å²) in [4.78, 5) is 17.1. The highest BCUT2D eigenvalue weighted by molar-refractivity contribution is 9.10. The molecule has 7 nitrogen and oxygen atoms in total. The molecule has 2 N–H and O–H groups in total. The van der Waals surface area contributed by atoms with Gasteiger partial charge >= 0.3 is 0 Å². The van der Waals surface area contributed by atoms with Crippen LogP contribution >= 0.6 is 27.7 Å². The van der Waals surface area contributed by atoms with Crippen molar-refractivity contribution >= 4 is 50.8 Å². The van der Waals surface area contributed by atoms with Gasteiger partial charge in [-0.2, -0.15) is 5.10 Å². The van der Waals surface area contributed by atoms with Gasteiger partial charge in [-0.25, -0.2) is 10.4 Å². The van der Waals surface area contributed by atoms with E-state index < -0.39 is 0 Å². The van der Waals surface area contributed by atoms with Crippen molar-refractivity contribution in [2.75, 3.05) is 12.9 Å². The summed E-state index contributed by atoms with van der Waals surface area (Å²) < 4.78 is 7.73. The molecule has 0 bridgehead atoms. The Morgan fingerprint density at radius 1 is 1.24 bits per heavy atom. The minimum Gasteiger partial charge on any atom is -0.503 e. The quantitative estimate of drug-likeness (QED) is 0.185. The number of carbonyl (C=O) groups is 1. The molecule has 0 atom stereocenters. The summed E-state index contributed by atoms with van der Waals surface area (Å²) in [5.74, 6) is 0.232. The zero-order chi connectivity index (χ0) is 24.1. The van der Waals surface area contributed by atoms with Crippen LogP contribution in [0.3, 0.4) is 0 Å². The number of hydrazone groups is 1. The zero-order valence-electron chi connectivity index (χ0n) is 18.7. The van der Waals surface area contributed by atoms with Crippen LogP contribution in [0.15, 0.2) is 75.4 Å². The number of rotatable bonds is 8. The first-order valence-corrected chi connectivity index (χ1v) is 12.2. The number of nitrogens with zero attached hydrogens (tertiary/aromatic N) is 3. The number of amides is 1. The maximum Gasteiger partial charge on any atom is 0.250 e. The number of aryl methyl sites for hydroxylation is 1. The number of ether oxygens (including phenoxy) is 1. The Kier molecular flexibility index (Phi) is 7.54. The van der Waals surface area contributed by atoms with Crippen molar-refractivity contribution in [1.29, 1.82) is 0 Å². The lowest BCUT2D eigenvalue weighted by molar-refractivity contribution is -0.118. The number of phenols is 1. The van der Waals surface area contributed by atoms with Crippen LogP contribution in [0.2, 0.25) is 0 Å². The third kappa shape index (κ3) is 5.60. The summed E-state index contributed by atoms with van der Waals surface area (Å²) in [5, 5.41) is 14.7. The van der Waals surface area contributed by atoms with Crippen molar-refractivity contribution in [3.63, 3.8) is 0 Å². The van der Waals surface area contributed by atoms with Crippen molar-refractivity contribution < 1.29 is 14.6 Å². The average molecular weight is 539 g/mol. The van der Waals surface area contributed by atoms with E-state index in [0.29, 0.717) is 22.3 Å². The fraction of sp³-hybridized carbons (Fsp3) is 0.160. The van der Waals surface area contributed by atoms with Gasteiger partial charge in [-0.05, 0) is 58.2 Å². The van der Waals surface area contributed by atoms with Crippen molar-refractivity contribution in [2.45, 2.75) is 18.6 Å². The Labute approximate surface area is 210 Å². The first kappa shape index (κ1) is 23.8. The summed E-state index contributed by atoms with van der Waals surface area (Å²) in [6.45, 7) is 2.73. The van der Waals surface area contributed by atoms with Gasteiger partial charge in [0, 0.05) is 0 Å². The van der Waals surface area contributed by atoms with Crippen LogP contribution in [0.25, 0.3) is 11.0 Å². The Morgan fingerprint density at radius 3 is 2.76 bits per heavy atom. The second-order valence-electron chi connectivity index (χ2n) is 7.59. The lowest BCUT2D eigenvalue weighted by atomic mass is 10.1. The molecule has 1 aromatic heterocycles. The molecule has 0 radical (unpaired) electrons. The second-order valence-corrected chi connectivity index (χ2v) is 9.39. The van der Waals surface area contributed by atoms with Crippen LogP contribution in [0, 0.1) is 6.92 Å². The predicted molar refractivity (Wildman–Crippen MR) is 139 cm³/mol. The Morgan fingerprint density at radius 2 is 2.00 bits per heavy atom. The molecule has 174 valence electrons. The number of benzene rings is 3. The number of nitrogens with one attached hydrogen (secondary N) is 1. The van der Waals surface area contributed by atoms with E-state index in [-0.39, 0.29) is 17.4 Å². The fourth-order valence-corrected chi connectivity index (χ4v) is 4.62. The first-order valence-electron chi connectivity index (χ1n) is 10.5. The minimum absolute atomic E-state index is 0.00797. The number of phenolic OH excluding ortho intramolecular Hbond substituents is 1. The maximum atomic E-state index is 12.4. The van der Waals surface area contributed by atoms with Crippen LogP contribution in [0.5, 0.6) is 11.5 Å². The monoisotopic (exact) mass is 538 g/mol. The highest BCUT2D eigenvalue weighted by Crippen LogP contribution is 2.34. The normalized spacial score (nSPS) is 11.3. The molecule has 4 rings (SSSR count). The number of aromatic hydroxyl groups is 1.